The SMILES string of the molecule is C=CCSC1=NN2C(=c3ccccc3=NC2c2cccc(OC)c2OCC(=O)O)C(=O)N1. The largest absolute Gasteiger partial charge is 0.493 e. The number of methoxy groups -OCH3 is 1. The number of amidine groups is 1. The van der Waals surface area contributed by atoms with Gasteiger partial charge in [0, 0.05) is 16.5 Å². The number of rotatable bonds is 7. The van der Waals surface area contributed by atoms with Gasteiger partial charge in [-0.3, -0.25) is 15.1 Å². The lowest BCUT2D eigenvalue weighted by molar-refractivity contribution is -0.139. The Morgan fingerprint density at radius 3 is 2.88 bits per heavy atom. The summed E-state index contributed by atoms with van der Waals surface area (Å²) in [5.74, 6) is -0.293. The summed E-state index contributed by atoms with van der Waals surface area (Å²) in [5.41, 5.74) is 0.861. The average molecular weight is 452 g/mol. The van der Waals surface area contributed by atoms with Gasteiger partial charge in [0.2, 0.25) is 0 Å². The molecule has 0 aliphatic carbocycles. The molecule has 2 aliphatic rings. The zero-order chi connectivity index (χ0) is 22.7. The van der Waals surface area contributed by atoms with Gasteiger partial charge in [-0.25, -0.2) is 9.80 Å². The third-order valence-electron chi connectivity index (χ3n) is 4.70. The van der Waals surface area contributed by atoms with Gasteiger partial charge in [0.25, 0.3) is 5.91 Å². The van der Waals surface area contributed by atoms with Crippen molar-refractivity contribution in [3.05, 3.63) is 71.3 Å². The summed E-state index contributed by atoms with van der Waals surface area (Å²) < 4.78 is 11.0. The zero-order valence-electron chi connectivity index (χ0n) is 17.1. The highest BCUT2D eigenvalue weighted by molar-refractivity contribution is 8.14. The van der Waals surface area contributed by atoms with Crippen molar-refractivity contribution in [1.29, 1.82) is 0 Å². The number of hydrazone groups is 1. The molecule has 0 fully saturated rings. The van der Waals surface area contributed by atoms with E-state index in [1.54, 1.807) is 24.3 Å². The number of carbonyl (C=O) groups is 2. The number of nitrogens with zero attached hydrogens (tertiary/aromatic N) is 3. The molecule has 2 heterocycles. The lowest BCUT2D eigenvalue weighted by atomic mass is 10.1. The number of carbonyl (C=O) groups excluding carboxylic acids is 1. The van der Waals surface area contributed by atoms with Crippen molar-refractivity contribution in [2.24, 2.45) is 10.1 Å². The Balaban J connectivity index is 1.91. The summed E-state index contributed by atoms with van der Waals surface area (Å²) in [7, 11) is 1.47. The minimum atomic E-state index is -1.13. The number of hydrogen-bond donors (Lipinski definition) is 2. The van der Waals surface area contributed by atoms with E-state index in [1.165, 1.54) is 23.9 Å². The topological polar surface area (TPSA) is 113 Å². The fourth-order valence-corrected chi connectivity index (χ4v) is 4.00. The van der Waals surface area contributed by atoms with Gasteiger partial charge in [-0.2, -0.15) is 0 Å². The van der Waals surface area contributed by atoms with Crippen LogP contribution in [0.25, 0.3) is 5.70 Å². The fourth-order valence-electron chi connectivity index (χ4n) is 3.42. The van der Waals surface area contributed by atoms with Crippen molar-refractivity contribution < 1.29 is 24.2 Å². The molecule has 2 aromatic rings. The first-order chi connectivity index (χ1) is 15.5. The van der Waals surface area contributed by atoms with Crippen LogP contribution in [0.4, 0.5) is 0 Å². The van der Waals surface area contributed by atoms with Gasteiger partial charge in [0.15, 0.2) is 29.4 Å². The molecule has 0 bridgehead atoms. The van der Waals surface area contributed by atoms with Crippen LogP contribution in [-0.4, -0.2) is 46.6 Å². The molecule has 0 radical (unpaired) electrons. The summed E-state index contributed by atoms with van der Waals surface area (Å²) >= 11 is 1.33. The van der Waals surface area contributed by atoms with Gasteiger partial charge >= 0.3 is 5.97 Å². The number of ether oxygens (including phenoxy) is 2. The van der Waals surface area contributed by atoms with E-state index in [1.807, 2.05) is 24.3 Å². The zero-order valence-corrected chi connectivity index (χ0v) is 18.0. The molecule has 1 unspecified atom stereocenters. The molecule has 2 aliphatic heterocycles. The van der Waals surface area contributed by atoms with Crippen molar-refractivity contribution in [3.63, 3.8) is 0 Å². The molecule has 2 N–H and O–H groups in total. The third-order valence-corrected chi connectivity index (χ3v) is 5.56. The minimum absolute atomic E-state index is 0.228. The van der Waals surface area contributed by atoms with E-state index in [-0.39, 0.29) is 11.7 Å². The second-order valence-corrected chi connectivity index (χ2v) is 7.74. The van der Waals surface area contributed by atoms with Crippen LogP contribution in [0.5, 0.6) is 11.5 Å². The van der Waals surface area contributed by atoms with E-state index in [4.69, 9.17) is 19.6 Å². The Kier molecular flexibility index (Phi) is 6.13. The first-order valence-corrected chi connectivity index (χ1v) is 10.6. The Morgan fingerprint density at radius 1 is 1.31 bits per heavy atom. The van der Waals surface area contributed by atoms with Crippen molar-refractivity contribution in [2.45, 2.75) is 6.17 Å². The van der Waals surface area contributed by atoms with Gasteiger partial charge in [0.1, 0.15) is 5.70 Å². The first kappa shape index (κ1) is 21.4. The minimum Gasteiger partial charge on any atom is -0.493 e. The van der Waals surface area contributed by atoms with Crippen LogP contribution in [0.15, 0.2) is 65.2 Å². The van der Waals surface area contributed by atoms with Crippen LogP contribution in [0, 0.1) is 0 Å². The van der Waals surface area contributed by atoms with E-state index in [0.717, 1.165) is 0 Å². The molecular weight excluding hydrogens is 432 g/mol. The highest BCUT2D eigenvalue weighted by Gasteiger charge is 2.36. The van der Waals surface area contributed by atoms with E-state index in [9.17, 15) is 9.59 Å². The maximum absolute atomic E-state index is 13.1. The van der Waals surface area contributed by atoms with Gasteiger partial charge in [-0.05, 0) is 12.1 Å². The molecule has 9 nitrogen and oxygen atoms in total. The van der Waals surface area contributed by atoms with Crippen LogP contribution in [0.2, 0.25) is 0 Å². The standard InChI is InChI=1S/C22H20N4O5S/c1-3-11-32-22-24-21(29)18-13-7-4-5-9-15(13)23-20(26(18)25-22)14-8-6-10-16(30-2)19(14)31-12-17(27)28/h3-10,20H,1,11-12H2,2H3,(H,27,28)(H,24,25,29). The van der Waals surface area contributed by atoms with Crippen molar-refractivity contribution in [3.8, 4) is 11.5 Å². The van der Waals surface area contributed by atoms with E-state index in [0.29, 0.717) is 38.5 Å². The smallest absolute Gasteiger partial charge is 0.341 e. The Morgan fingerprint density at radius 2 is 2.12 bits per heavy atom. The summed E-state index contributed by atoms with van der Waals surface area (Å²) in [6.45, 7) is 3.14. The summed E-state index contributed by atoms with van der Waals surface area (Å²) in [6.07, 6.45) is 0.940. The van der Waals surface area contributed by atoms with Crippen molar-refractivity contribution >= 4 is 34.5 Å². The number of fused-ring (bicyclic) bond motifs is 2. The highest BCUT2D eigenvalue weighted by Crippen LogP contribution is 2.40. The number of amides is 1. The Bertz CT molecular complexity index is 1240. The molecule has 0 saturated heterocycles. The number of carboxylic acid groups (broad SMARTS) is 1. The molecule has 164 valence electrons. The van der Waals surface area contributed by atoms with Crippen molar-refractivity contribution in [1.82, 2.24) is 10.3 Å². The van der Waals surface area contributed by atoms with Crippen LogP contribution in [-0.2, 0) is 9.59 Å². The number of benzene rings is 2. The second-order valence-electron chi connectivity index (χ2n) is 6.73. The molecule has 1 amide bonds. The van der Waals surface area contributed by atoms with Gasteiger partial charge in [0.05, 0.1) is 12.5 Å². The molecule has 1 atom stereocenters. The summed E-state index contributed by atoms with van der Waals surface area (Å²) in [6, 6.07) is 12.4. The summed E-state index contributed by atoms with van der Waals surface area (Å²) in [4.78, 5) is 29.0. The Labute approximate surface area is 187 Å². The van der Waals surface area contributed by atoms with E-state index >= 15 is 0 Å². The lowest BCUT2D eigenvalue weighted by Crippen LogP contribution is -2.50. The summed E-state index contributed by atoms with van der Waals surface area (Å²) in [5, 5.41) is 19.8. The van der Waals surface area contributed by atoms with E-state index in [2.05, 4.69) is 17.0 Å². The third kappa shape index (κ3) is 4.04. The average Bonchev–Trinajstić information content (AvgIpc) is 2.80. The van der Waals surface area contributed by atoms with Gasteiger partial charge in [-0.15, -0.1) is 11.7 Å². The monoisotopic (exact) mass is 452 g/mol. The maximum Gasteiger partial charge on any atom is 0.341 e. The first-order valence-electron chi connectivity index (χ1n) is 9.65. The molecule has 10 heteroatoms. The number of nitrogens with one attached hydrogen (secondary N) is 1. The number of aliphatic carboxylic acids is 1. The van der Waals surface area contributed by atoms with Crippen LogP contribution >= 0.6 is 11.8 Å². The predicted molar refractivity (Wildman–Crippen MR) is 120 cm³/mol. The fraction of sp³-hybridized carbons (Fsp3) is 0.182. The highest BCUT2D eigenvalue weighted by atomic mass is 32.2. The van der Waals surface area contributed by atoms with Gasteiger partial charge < -0.3 is 14.6 Å². The normalized spacial score (nSPS) is 16.7. The second kappa shape index (κ2) is 9.15. The molecular formula is C22H20N4O5S. The predicted octanol–water partition coefficient (Wildman–Crippen LogP) is 1.22. The molecule has 0 aromatic heterocycles. The Hall–Kier alpha value is -3.79. The van der Waals surface area contributed by atoms with E-state index < -0.39 is 18.7 Å². The van der Waals surface area contributed by atoms with Crippen LogP contribution < -0.4 is 25.4 Å². The quantitative estimate of drug-likeness (QED) is 0.608. The molecule has 2 aromatic carbocycles. The van der Waals surface area contributed by atoms with Crippen LogP contribution in [0.3, 0.4) is 0 Å². The molecule has 0 spiro atoms. The van der Waals surface area contributed by atoms with Crippen molar-refractivity contribution in [2.75, 3.05) is 19.5 Å². The lowest BCUT2D eigenvalue weighted by Gasteiger charge is -2.34. The van der Waals surface area contributed by atoms with Gasteiger partial charge in [-0.1, -0.05) is 48.2 Å². The number of thioether (sulfide) groups is 1. The molecule has 0 saturated carbocycles. The molecule has 32 heavy (non-hydrogen) atoms. The van der Waals surface area contributed by atoms with Crippen LogP contribution in [0.1, 0.15) is 11.7 Å². The molecule has 4 rings (SSSR count). The number of para-hydroxylation sites is 2. The maximum atomic E-state index is 13.1. The number of hydrogen-bond acceptors (Lipinski definition) is 8. The number of carboxylic acids is 1.